The van der Waals surface area contributed by atoms with Crippen molar-refractivity contribution in [2.75, 3.05) is 98.4 Å². The topological polar surface area (TPSA) is 511 Å². The van der Waals surface area contributed by atoms with E-state index in [1.807, 2.05) is 36.4 Å². The summed E-state index contributed by atoms with van der Waals surface area (Å²) in [5, 5.41) is 81.7. The monoisotopic (exact) mass is 1730 g/mol. The van der Waals surface area contributed by atoms with Crippen LogP contribution in [0.1, 0.15) is 93.5 Å². The van der Waals surface area contributed by atoms with Crippen molar-refractivity contribution in [1.82, 2.24) is 121 Å². The highest BCUT2D eigenvalue weighted by molar-refractivity contribution is 6.13. The predicted octanol–water partition coefficient (Wildman–Crippen LogP) is 12.3. The van der Waals surface area contributed by atoms with Gasteiger partial charge in [0, 0.05) is 108 Å². The van der Waals surface area contributed by atoms with Crippen molar-refractivity contribution >= 4 is 132 Å². The summed E-state index contributed by atoms with van der Waals surface area (Å²) in [4.78, 5) is 72.2. The van der Waals surface area contributed by atoms with Crippen LogP contribution in [0.4, 0.5) is 0 Å². The molecular formula is C94H90N30O6. The van der Waals surface area contributed by atoms with Gasteiger partial charge in [-0.2, -0.15) is 31.6 Å². The van der Waals surface area contributed by atoms with Crippen molar-refractivity contribution in [1.29, 1.82) is 31.6 Å². The number of nitrogens with one attached hydrogen (secondary N) is 11. The Morgan fingerprint density at radius 3 is 0.938 bits per heavy atom. The number of H-pyrrole nitrogens is 6. The molecule has 4 saturated heterocycles. The zero-order valence-corrected chi connectivity index (χ0v) is 71.5. The van der Waals surface area contributed by atoms with Crippen LogP contribution in [-0.2, 0) is 0 Å². The molecule has 0 spiro atoms. The van der Waals surface area contributed by atoms with Crippen LogP contribution < -0.4 is 55.0 Å². The van der Waals surface area contributed by atoms with E-state index >= 15 is 0 Å². The molecule has 4 fully saturated rings. The molecule has 0 bridgehead atoms. The van der Waals surface area contributed by atoms with Crippen LogP contribution >= 0.6 is 0 Å². The molecule has 0 radical (unpaired) electrons. The summed E-state index contributed by atoms with van der Waals surface area (Å²) >= 11 is 0. The Morgan fingerprint density at radius 2 is 0.654 bits per heavy atom. The number of rotatable bonds is 21. The lowest BCUT2D eigenvalue weighted by Gasteiger charge is -2.28. The van der Waals surface area contributed by atoms with Gasteiger partial charge in [0.25, 0.3) is 0 Å². The zero-order chi connectivity index (χ0) is 89.2. The minimum absolute atomic E-state index is 0.197. The highest BCUT2D eigenvalue weighted by atomic mass is 16.5. The highest BCUT2D eigenvalue weighted by Gasteiger charge is 2.25. The third-order valence-electron chi connectivity index (χ3n) is 22.9. The Morgan fingerprint density at radius 1 is 0.354 bits per heavy atom. The van der Waals surface area contributed by atoms with Gasteiger partial charge in [-0.1, -0.05) is 20.8 Å². The Hall–Kier alpha value is -15.9. The summed E-state index contributed by atoms with van der Waals surface area (Å²) in [5.41, 5.74) is 12.0. The minimum Gasteiger partial charge on any atom is -0.491 e. The Labute approximate surface area is 743 Å². The molecule has 4 aliphatic rings. The minimum atomic E-state index is 0.197. The van der Waals surface area contributed by atoms with Crippen molar-refractivity contribution < 1.29 is 28.4 Å². The van der Waals surface area contributed by atoms with E-state index in [2.05, 4.69) is 178 Å². The van der Waals surface area contributed by atoms with Crippen LogP contribution in [0, 0.1) is 68.0 Å². The third kappa shape index (κ3) is 19.3. The van der Waals surface area contributed by atoms with Crippen molar-refractivity contribution in [2.45, 2.75) is 83.6 Å². The van der Waals surface area contributed by atoms with Crippen molar-refractivity contribution in [3.8, 4) is 70.9 Å². The summed E-state index contributed by atoms with van der Waals surface area (Å²) in [6.45, 7) is 19.2. The average molecular weight is 1740 g/mol. The molecule has 130 heavy (non-hydrogen) atoms. The molecule has 11 N–H and O–H groups in total. The lowest BCUT2D eigenvalue weighted by molar-refractivity contribution is 0.144. The summed E-state index contributed by atoms with van der Waals surface area (Å²) < 4.78 is 36.0. The third-order valence-corrected chi connectivity index (χ3v) is 22.9. The van der Waals surface area contributed by atoms with Gasteiger partial charge in [-0.15, -0.1) is 0 Å². The Balaban J connectivity index is 0.000000109. The molecule has 0 aliphatic carbocycles. The molecule has 0 saturated carbocycles. The second-order valence-corrected chi connectivity index (χ2v) is 31.1. The van der Waals surface area contributed by atoms with Crippen molar-refractivity contribution in [3.05, 3.63) is 181 Å². The van der Waals surface area contributed by atoms with Gasteiger partial charge in [0.2, 0.25) is 0 Å². The van der Waals surface area contributed by atoms with Gasteiger partial charge < -0.3 is 89.8 Å². The Kier molecular flexibility index (Phi) is 26.9. The van der Waals surface area contributed by atoms with Crippen LogP contribution in [0.25, 0.3) is 132 Å². The number of likely N-dealkylation sites (N-methyl/N-ethyl adjacent to an activating group) is 2. The van der Waals surface area contributed by atoms with Gasteiger partial charge in [0.15, 0.2) is 0 Å². The van der Waals surface area contributed by atoms with E-state index in [0.29, 0.717) is 72.7 Å². The van der Waals surface area contributed by atoms with E-state index in [1.54, 1.807) is 111 Å². The normalized spacial score (nSPS) is 14.8. The molecule has 0 amide bonds. The maximum absolute atomic E-state index is 9.06. The molecule has 4 aliphatic heterocycles. The quantitative estimate of drug-likeness (QED) is 0.0298. The molecule has 36 heteroatoms. The fraction of sp³-hybridized carbons (Fsp3) is 0.298. The van der Waals surface area contributed by atoms with Crippen LogP contribution in [-0.4, -0.2) is 217 Å². The lowest BCUT2D eigenvalue weighted by Crippen LogP contribution is -2.50. The molecule has 36 nitrogen and oxygen atoms in total. The standard InChI is InChI=1S/C17H19N5O.3C16H15N5O.C15H15N5O.C14H11N5O/c1-3-22(4-2)7-8-23-15-5-6-19-17-16(15)13-9-12(10-18)20-11-14(13)21-17;17-8-10-7-12-13(9-20-10)21-16-15(12)14(3-6-19-16)22-11-1-4-18-5-2-11;2*17-7-11-6-12-13(8-20-11)21-16-15(12)14(3-5-19-16)22-9-10-2-1-4-18-10;1-2-17-5-6-21-13-3-4-18-15-14(13)11-7-10(8-16)19-9-12(11)20-15;15-4-8-3-10-11(7-18-8)19-14-13(10)12(1-2-17-14)20-9-5-16-6-9/h5-6,9,11H,3-4,7-8H2,1-2H3,(H,19,21);3,6-7,9,11,18H,1-2,4-5H2,(H,19,21);2*3,5-6,8,10,18H,1-2,4,9H2,(H,19,21);3-4,7,9,17H,2,5-6H2,1H3,(H,18,20);1-3,7,9,16H,5-6H2,(H,17,19)/t;;2*10-;;/m..10../s1. The van der Waals surface area contributed by atoms with E-state index in [4.69, 9.17) is 60.0 Å². The van der Waals surface area contributed by atoms with Crippen molar-refractivity contribution in [3.63, 3.8) is 0 Å². The summed E-state index contributed by atoms with van der Waals surface area (Å²) in [6, 6.07) is 35.1. The smallest absolute Gasteiger partial charge is 0.142 e. The van der Waals surface area contributed by atoms with Gasteiger partial charge in [-0.3, -0.25) is 0 Å². The molecule has 2 atom stereocenters. The first kappa shape index (κ1) is 86.2. The number of aromatic nitrogens is 18. The number of hydrogen-bond acceptors (Lipinski definition) is 30. The predicted molar refractivity (Wildman–Crippen MR) is 491 cm³/mol. The fourth-order valence-corrected chi connectivity index (χ4v) is 16.2. The van der Waals surface area contributed by atoms with Crippen LogP contribution in [0.15, 0.2) is 147 Å². The molecule has 22 heterocycles. The number of hydrogen-bond donors (Lipinski definition) is 11. The number of nitrogens with zero attached hydrogens (tertiary/aromatic N) is 19. The number of piperidine rings is 1. The average Bonchev–Trinajstić information content (AvgIpc) is 1.41. The molecule has 18 aromatic rings. The summed E-state index contributed by atoms with van der Waals surface area (Å²) in [5.74, 6) is 4.74. The van der Waals surface area contributed by atoms with E-state index in [9.17, 15) is 0 Å². The first-order valence-electron chi connectivity index (χ1n) is 43.1. The first-order chi connectivity index (χ1) is 64.0. The number of nitriles is 6. The largest absolute Gasteiger partial charge is 0.491 e. The van der Waals surface area contributed by atoms with Crippen LogP contribution in [0.5, 0.6) is 34.5 Å². The molecule has 652 valence electrons. The highest BCUT2D eigenvalue weighted by Crippen LogP contribution is 2.39. The van der Waals surface area contributed by atoms with Gasteiger partial charge >= 0.3 is 0 Å². The number of ether oxygens (including phenoxy) is 6. The molecule has 0 aromatic carbocycles. The lowest BCUT2D eigenvalue weighted by atomic mass is 10.1. The zero-order valence-electron chi connectivity index (χ0n) is 71.5. The molecular weight excluding hydrogens is 1650 g/mol. The number of fused-ring (bicyclic) bond motifs is 18. The van der Waals surface area contributed by atoms with Gasteiger partial charge in [0.05, 0.1) is 103 Å². The number of pyridine rings is 12. The fourth-order valence-electron chi connectivity index (χ4n) is 16.2. The molecule has 0 unspecified atom stereocenters. The SMILES string of the molecule is CCN(CC)CCOc1ccnc2[nH]c3cnc(C#N)cc3c12.CCNCCOc1ccnc2[nH]c3cnc(C#N)cc3c12.N#Cc1cc2c(cn1)[nH]c1nccc(OC3CCNCC3)c12.N#Cc1cc2c(cn1)[nH]c1nccc(OC3CNC3)c12.N#Cc1cc2c(cn1)[nH]c1nccc(OC[C@@H]3CCCN3)c12.N#Cc1cc2c(cn1)[nH]c1nccc(OC[C@H]3CCCN3)c12. The second kappa shape index (κ2) is 40.6. The van der Waals surface area contributed by atoms with Crippen LogP contribution in [0.2, 0.25) is 0 Å². The number of aromatic amines is 6. The molecule has 22 rings (SSSR count). The second-order valence-electron chi connectivity index (χ2n) is 31.1. The van der Waals surface area contributed by atoms with E-state index < -0.39 is 0 Å². The van der Waals surface area contributed by atoms with Crippen LogP contribution in [0.3, 0.4) is 0 Å². The van der Waals surface area contributed by atoms with Gasteiger partial charge in [-0.25, -0.2) is 59.8 Å². The van der Waals surface area contributed by atoms with E-state index in [0.717, 1.165) is 264 Å². The maximum atomic E-state index is 9.06. The molecule has 18 aromatic heterocycles. The van der Waals surface area contributed by atoms with Gasteiger partial charge in [0.1, 0.15) is 178 Å². The van der Waals surface area contributed by atoms with E-state index in [-0.39, 0.29) is 12.2 Å². The summed E-state index contributed by atoms with van der Waals surface area (Å²) in [7, 11) is 0. The Bertz CT molecular complexity index is 7250. The first-order valence-corrected chi connectivity index (χ1v) is 43.1. The van der Waals surface area contributed by atoms with Gasteiger partial charge in [-0.05, 0) is 157 Å². The maximum Gasteiger partial charge on any atom is 0.142 e. The summed E-state index contributed by atoms with van der Waals surface area (Å²) in [6.07, 6.45) is 27.4. The van der Waals surface area contributed by atoms with E-state index in [1.165, 1.54) is 12.8 Å². The van der Waals surface area contributed by atoms with Crippen molar-refractivity contribution in [2.24, 2.45) is 0 Å².